The van der Waals surface area contributed by atoms with Crippen molar-refractivity contribution in [3.63, 3.8) is 0 Å². The normalized spacial score (nSPS) is 21.7. The zero-order valence-electron chi connectivity index (χ0n) is 12.2. The van der Waals surface area contributed by atoms with Crippen LogP contribution in [0.4, 0.5) is 0 Å². The molecule has 0 spiro atoms. The second-order valence-corrected chi connectivity index (χ2v) is 5.25. The van der Waals surface area contributed by atoms with Crippen molar-refractivity contribution in [1.82, 2.24) is 10.3 Å². The highest BCUT2D eigenvalue weighted by Crippen LogP contribution is 2.18. The predicted octanol–water partition coefficient (Wildman–Crippen LogP) is 1.90. The first-order chi connectivity index (χ1) is 8.80. The molecular formula is C14H31N3O. The lowest BCUT2D eigenvalue weighted by Gasteiger charge is -2.22. The summed E-state index contributed by atoms with van der Waals surface area (Å²) in [5.41, 5.74) is 2.96. The fourth-order valence-corrected chi connectivity index (χ4v) is 2.65. The molecule has 0 aromatic rings. The first-order valence-corrected chi connectivity index (χ1v) is 7.60. The van der Waals surface area contributed by atoms with Crippen molar-refractivity contribution in [2.45, 2.75) is 64.5 Å². The average molecular weight is 257 g/mol. The molecule has 2 unspecified atom stereocenters. The first kappa shape index (κ1) is 15.9. The van der Waals surface area contributed by atoms with Crippen LogP contribution in [0, 0.1) is 0 Å². The number of nitrogens with two attached hydrogens (primary N) is 1. The third kappa shape index (κ3) is 6.14. The van der Waals surface area contributed by atoms with Crippen molar-refractivity contribution in [2.24, 2.45) is 5.84 Å². The van der Waals surface area contributed by atoms with Crippen LogP contribution in [0.2, 0.25) is 0 Å². The van der Waals surface area contributed by atoms with Gasteiger partial charge < -0.3 is 9.64 Å². The molecule has 1 aliphatic heterocycles. The lowest BCUT2D eigenvalue weighted by Crippen LogP contribution is -2.38. The summed E-state index contributed by atoms with van der Waals surface area (Å²) < 4.78 is 5.64. The summed E-state index contributed by atoms with van der Waals surface area (Å²) in [5.74, 6) is 5.64. The Morgan fingerprint density at radius 3 is 2.67 bits per heavy atom. The molecule has 1 rings (SSSR count). The Morgan fingerprint density at radius 2 is 2.11 bits per heavy atom. The second-order valence-electron chi connectivity index (χ2n) is 5.25. The van der Waals surface area contributed by atoms with Gasteiger partial charge in [-0.1, -0.05) is 13.8 Å². The third-order valence-corrected chi connectivity index (χ3v) is 4.03. The lowest BCUT2D eigenvalue weighted by molar-refractivity contribution is 0.101. The SMILES string of the molecule is CCN(CC)CCC(CCCC1CCCO1)NN. The molecule has 0 radical (unpaired) electrons. The number of hydrazine groups is 1. The molecule has 0 aromatic heterocycles. The van der Waals surface area contributed by atoms with E-state index < -0.39 is 0 Å². The molecule has 0 bridgehead atoms. The molecule has 0 amide bonds. The topological polar surface area (TPSA) is 50.5 Å². The minimum Gasteiger partial charge on any atom is -0.378 e. The maximum absolute atomic E-state index is 5.64. The maximum Gasteiger partial charge on any atom is 0.0576 e. The summed E-state index contributed by atoms with van der Waals surface area (Å²) in [7, 11) is 0. The van der Waals surface area contributed by atoms with Crippen LogP contribution in [0.5, 0.6) is 0 Å². The van der Waals surface area contributed by atoms with Gasteiger partial charge >= 0.3 is 0 Å². The first-order valence-electron chi connectivity index (χ1n) is 7.60. The molecule has 18 heavy (non-hydrogen) atoms. The van der Waals surface area contributed by atoms with Gasteiger partial charge in [-0.15, -0.1) is 0 Å². The van der Waals surface area contributed by atoms with Crippen molar-refractivity contribution in [3.05, 3.63) is 0 Å². The monoisotopic (exact) mass is 257 g/mol. The minimum absolute atomic E-state index is 0.451. The van der Waals surface area contributed by atoms with Crippen LogP contribution in [-0.2, 0) is 4.74 Å². The van der Waals surface area contributed by atoms with E-state index in [1.807, 2.05) is 0 Å². The zero-order chi connectivity index (χ0) is 13.2. The molecule has 1 heterocycles. The van der Waals surface area contributed by atoms with Gasteiger partial charge in [-0.2, -0.15) is 0 Å². The number of nitrogens with one attached hydrogen (secondary N) is 1. The van der Waals surface area contributed by atoms with Crippen LogP contribution in [0.1, 0.15) is 52.4 Å². The van der Waals surface area contributed by atoms with Crippen LogP contribution < -0.4 is 11.3 Å². The Hall–Kier alpha value is -0.160. The van der Waals surface area contributed by atoms with Crippen molar-refractivity contribution in [2.75, 3.05) is 26.2 Å². The Morgan fingerprint density at radius 1 is 1.33 bits per heavy atom. The van der Waals surface area contributed by atoms with Gasteiger partial charge in [-0.05, 0) is 58.2 Å². The Labute approximate surface area is 112 Å². The van der Waals surface area contributed by atoms with E-state index in [0.29, 0.717) is 12.1 Å². The van der Waals surface area contributed by atoms with E-state index in [1.54, 1.807) is 0 Å². The van der Waals surface area contributed by atoms with Gasteiger partial charge in [0.25, 0.3) is 0 Å². The Balaban J connectivity index is 2.08. The van der Waals surface area contributed by atoms with Gasteiger partial charge in [-0.3, -0.25) is 11.3 Å². The molecule has 1 fully saturated rings. The lowest BCUT2D eigenvalue weighted by atomic mass is 10.0. The fraction of sp³-hybridized carbons (Fsp3) is 1.00. The standard InChI is InChI=1S/C14H31N3O/c1-3-17(4-2)11-10-13(16-15)7-5-8-14-9-6-12-18-14/h13-14,16H,3-12,15H2,1-2H3. The summed E-state index contributed by atoms with van der Waals surface area (Å²) in [6.07, 6.45) is 7.74. The number of hydrogen-bond acceptors (Lipinski definition) is 4. The highest BCUT2D eigenvalue weighted by Gasteiger charge is 2.16. The molecule has 4 heteroatoms. The minimum atomic E-state index is 0.451. The van der Waals surface area contributed by atoms with E-state index in [0.717, 1.165) is 39.1 Å². The van der Waals surface area contributed by atoms with E-state index in [4.69, 9.17) is 10.6 Å². The van der Waals surface area contributed by atoms with E-state index in [9.17, 15) is 0 Å². The van der Waals surface area contributed by atoms with Crippen molar-refractivity contribution < 1.29 is 4.74 Å². The largest absolute Gasteiger partial charge is 0.378 e. The van der Waals surface area contributed by atoms with Crippen LogP contribution in [-0.4, -0.2) is 43.3 Å². The van der Waals surface area contributed by atoms with Crippen molar-refractivity contribution >= 4 is 0 Å². The van der Waals surface area contributed by atoms with Gasteiger partial charge in [0.15, 0.2) is 0 Å². The summed E-state index contributed by atoms with van der Waals surface area (Å²) in [4.78, 5) is 2.45. The quantitative estimate of drug-likeness (QED) is 0.463. The van der Waals surface area contributed by atoms with Crippen LogP contribution in [0.15, 0.2) is 0 Å². The molecule has 0 aliphatic carbocycles. The van der Waals surface area contributed by atoms with E-state index in [-0.39, 0.29) is 0 Å². The number of ether oxygens (including phenoxy) is 1. The van der Waals surface area contributed by atoms with E-state index in [2.05, 4.69) is 24.2 Å². The highest BCUT2D eigenvalue weighted by molar-refractivity contribution is 4.70. The zero-order valence-corrected chi connectivity index (χ0v) is 12.2. The molecule has 108 valence electrons. The van der Waals surface area contributed by atoms with E-state index >= 15 is 0 Å². The molecule has 2 atom stereocenters. The van der Waals surface area contributed by atoms with E-state index in [1.165, 1.54) is 25.7 Å². The third-order valence-electron chi connectivity index (χ3n) is 4.03. The predicted molar refractivity (Wildman–Crippen MR) is 76.3 cm³/mol. The fourth-order valence-electron chi connectivity index (χ4n) is 2.65. The molecule has 1 saturated heterocycles. The molecule has 0 saturated carbocycles. The average Bonchev–Trinajstić information content (AvgIpc) is 2.91. The Bertz CT molecular complexity index is 191. The van der Waals surface area contributed by atoms with Gasteiger partial charge in [-0.25, -0.2) is 0 Å². The van der Waals surface area contributed by atoms with Gasteiger partial charge in [0.2, 0.25) is 0 Å². The van der Waals surface area contributed by atoms with Crippen LogP contribution in [0.25, 0.3) is 0 Å². The number of rotatable bonds is 10. The molecule has 4 nitrogen and oxygen atoms in total. The Kier molecular flexibility index (Phi) is 8.59. The second kappa shape index (κ2) is 9.73. The van der Waals surface area contributed by atoms with Crippen molar-refractivity contribution in [3.8, 4) is 0 Å². The van der Waals surface area contributed by atoms with Crippen molar-refractivity contribution in [1.29, 1.82) is 0 Å². The number of nitrogens with zero attached hydrogens (tertiary/aromatic N) is 1. The number of hydrogen-bond donors (Lipinski definition) is 2. The smallest absolute Gasteiger partial charge is 0.0576 e. The van der Waals surface area contributed by atoms with Gasteiger partial charge in [0, 0.05) is 12.6 Å². The van der Waals surface area contributed by atoms with Crippen LogP contribution in [0.3, 0.4) is 0 Å². The summed E-state index contributed by atoms with van der Waals surface area (Å²) in [5, 5.41) is 0. The molecule has 1 aliphatic rings. The maximum atomic E-state index is 5.64. The summed E-state index contributed by atoms with van der Waals surface area (Å²) in [6.45, 7) is 8.79. The molecular weight excluding hydrogens is 226 g/mol. The molecule has 0 aromatic carbocycles. The highest BCUT2D eigenvalue weighted by atomic mass is 16.5. The summed E-state index contributed by atoms with van der Waals surface area (Å²) in [6, 6.07) is 0.451. The molecule has 3 N–H and O–H groups in total. The van der Waals surface area contributed by atoms with Crippen LogP contribution >= 0.6 is 0 Å². The van der Waals surface area contributed by atoms with Gasteiger partial charge in [0.1, 0.15) is 0 Å². The van der Waals surface area contributed by atoms with Gasteiger partial charge in [0.05, 0.1) is 6.10 Å². The summed E-state index contributed by atoms with van der Waals surface area (Å²) >= 11 is 0.